The van der Waals surface area contributed by atoms with Gasteiger partial charge in [-0.15, -0.1) is 0 Å². The summed E-state index contributed by atoms with van der Waals surface area (Å²) in [6, 6.07) is 3.66. The van der Waals surface area contributed by atoms with Crippen LogP contribution in [0.4, 0.5) is 5.82 Å². The normalized spacial score (nSPS) is 12.3. The van der Waals surface area contributed by atoms with E-state index in [1.54, 1.807) is 18.1 Å². The predicted molar refractivity (Wildman–Crippen MR) is 103 cm³/mol. The van der Waals surface area contributed by atoms with Crippen LogP contribution < -0.4 is 10.6 Å². The Balaban J connectivity index is 2.44. The number of nitrogens with zero attached hydrogens (tertiary/aromatic N) is 4. The summed E-state index contributed by atoms with van der Waals surface area (Å²) < 4.78 is 10.8. The second-order valence-electron chi connectivity index (χ2n) is 6.35. The number of hydrogen-bond donors (Lipinski definition) is 1. The number of amides is 1. The van der Waals surface area contributed by atoms with Gasteiger partial charge in [-0.2, -0.15) is 0 Å². The third-order valence-electron chi connectivity index (χ3n) is 4.22. The first-order valence-electron chi connectivity index (χ1n) is 8.84. The monoisotopic (exact) mass is 367 g/mol. The SMILES string of the molecule is CC(N(C)C)N(C)C(=O)c1ccc(N(C)CCOCCOCCN)nc1. The number of carbonyl (C=O) groups excluding carboxylic acids is 1. The Hall–Kier alpha value is -1.74. The van der Waals surface area contributed by atoms with Crippen molar-refractivity contribution in [3.63, 3.8) is 0 Å². The summed E-state index contributed by atoms with van der Waals surface area (Å²) >= 11 is 0. The van der Waals surface area contributed by atoms with Gasteiger partial charge in [-0.25, -0.2) is 4.98 Å². The van der Waals surface area contributed by atoms with Gasteiger partial charge in [-0.05, 0) is 33.2 Å². The lowest BCUT2D eigenvalue weighted by Crippen LogP contribution is -2.43. The molecule has 0 saturated heterocycles. The topological polar surface area (TPSA) is 84.2 Å². The number of ether oxygens (including phenoxy) is 2. The van der Waals surface area contributed by atoms with Gasteiger partial charge in [-0.3, -0.25) is 9.69 Å². The number of rotatable bonds is 12. The van der Waals surface area contributed by atoms with E-state index in [0.29, 0.717) is 45.1 Å². The first-order valence-corrected chi connectivity index (χ1v) is 8.84. The molecule has 1 unspecified atom stereocenters. The molecule has 1 heterocycles. The largest absolute Gasteiger partial charge is 0.378 e. The molecule has 0 radical (unpaired) electrons. The van der Waals surface area contributed by atoms with Crippen molar-refractivity contribution in [2.45, 2.75) is 13.1 Å². The lowest BCUT2D eigenvalue weighted by molar-refractivity contribution is 0.0536. The van der Waals surface area contributed by atoms with Crippen LogP contribution in [0.2, 0.25) is 0 Å². The van der Waals surface area contributed by atoms with Gasteiger partial charge in [0.15, 0.2) is 0 Å². The second-order valence-corrected chi connectivity index (χ2v) is 6.35. The highest BCUT2D eigenvalue weighted by Gasteiger charge is 2.19. The molecule has 1 rings (SSSR count). The third-order valence-corrected chi connectivity index (χ3v) is 4.22. The van der Waals surface area contributed by atoms with E-state index in [1.807, 2.05) is 50.0 Å². The molecule has 0 bridgehead atoms. The molecule has 2 N–H and O–H groups in total. The van der Waals surface area contributed by atoms with Crippen molar-refractivity contribution in [1.82, 2.24) is 14.8 Å². The fourth-order valence-electron chi connectivity index (χ4n) is 2.18. The van der Waals surface area contributed by atoms with Crippen LogP contribution in [0.3, 0.4) is 0 Å². The van der Waals surface area contributed by atoms with Gasteiger partial charge in [0.1, 0.15) is 5.82 Å². The quantitative estimate of drug-likeness (QED) is 0.425. The van der Waals surface area contributed by atoms with Gasteiger partial charge < -0.3 is 25.0 Å². The lowest BCUT2D eigenvalue weighted by atomic mass is 10.2. The number of likely N-dealkylation sites (N-methyl/N-ethyl adjacent to an activating group) is 1. The molecule has 0 aliphatic rings. The molecule has 0 aliphatic heterocycles. The van der Waals surface area contributed by atoms with Gasteiger partial charge in [0.25, 0.3) is 5.91 Å². The van der Waals surface area contributed by atoms with Gasteiger partial charge in [0.2, 0.25) is 0 Å². The summed E-state index contributed by atoms with van der Waals surface area (Å²) in [5, 5.41) is 0. The van der Waals surface area contributed by atoms with Gasteiger partial charge in [0.05, 0.1) is 38.2 Å². The van der Waals surface area contributed by atoms with Crippen LogP contribution in [0.5, 0.6) is 0 Å². The predicted octanol–water partition coefficient (Wildman–Crippen LogP) is 0.489. The first-order chi connectivity index (χ1) is 12.4. The standard InChI is InChI=1S/C18H33N5O3/c1-15(21(2)3)23(5)18(24)16-6-7-17(20-14-16)22(4)9-11-26-13-12-25-10-8-19/h6-7,14-15H,8-13,19H2,1-5H3. The summed E-state index contributed by atoms with van der Waals surface area (Å²) in [7, 11) is 7.62. The van der Waals surface area contributed by atoms with Crippen LogP contribution >= 0.6 is 0 Å². The number of pyridine rings is 1. The van der Waals surface area contributed by atoms with Crippen LogP contribution in [0.1, 0.15) is 17.3 Å². The van der Waals surface area contributed by atoms with Crippen LogP contribution in [0.15, 0.2) is 18.3 Å². The molecule has 8 nitrogen and oxygen atoms in total. The van der Waals surface area contributed by atoms with E-state index in [-0.39, 0.29) is 12.1 Å². The summed E-state index contributed by atoms with van der Waals surface area (Å²) in [4.78, 5) is 22.6. The van der Waals surface area contributed by atoms with Crippen molar-refractivity contribution in [2.24, 2.45) is 5.73 Å². The third kappa shape index (κ3) is 7.25. The number of aromatic nitrogens is 1. The second kappa shape index (κ2) is 11.8. The zero-order valence-electron chi connectivity index (χ0n) is 16.6. The Morgan fingerprint density at radius 2 is 1.77 bits per heavy atom. The number of nitrogens with two attached hydrogens (primary N) is 1. The highest BCUT2D eigenvalue weighted by atomic mass is 16.5. The molecule has 1 amide bonds. The van der Waals surface area contributed by atoms with Crippen LogP contribution in [-0.2, 0) is 9.47 Å². The molecule has 1 aromatic heterocycles. The van der Waals surface area contributed by atoms with Crippen molar-refractivity contribution in [3.8, 4) is 0 Å². The van der Waals surface area contributed by atoms with Gasteiger partial charge in [0, 0.05) is 33.4 Å². The summed E-state index contributed by atoms with van der Waals surface area (Å²) in [5.74, 6) is 0.751. The fraction of sp³-hybridized carbons (Fsp3) is 0.667. The average Bonchev–Trinajstić information content (AvgIpc) is 2.65. The van der Waals surface area contributed by atoms with E-state index < -0.39 is 0 Å². The smallest absolute Gasteiger partial charge is 0.256 e. The number of carbonyl (C=O) groups is 1. The van der Waals surface area contributed by atoms with E-state index in [4.69, 9.17) is 15.2 Å². The van der Waals surface area contributed by atoms with Crippen molar-refractivity contribution in [1.29, 1.82) is 0 Å². The maximum absolute atomic E-state index is 12.5. The van der Waals surface area contributed by atoms with E-state index >= 15 is 0 Å². The summed E-state index contributed by atoms with van der Waals surface area (Å²) in [6.45, 7) is 5.44. The Morgan fingerprint density at radius 1 is 1.12 bits per heavy atom. The van der Waals surface area contributed by atoms with E-state index in [2.05, 4.69) is 4.98 Å². The molecular formula is C18H33N5O3. The average molecular weight is 367 g/mol. The zero-order chi connectivity index (χ0) is 19.5. The minimum Gasteiger partial charge on any atom is -0.378 e. The number of anilines is 1. The molecule has 148 valence electrons. The van der Waals surface area contributed by atoms with Gasteiger partial charge in [-0.1, -0.05) is 0 Å². The van der Waals surface area contributed by atoms with Crippen molar-refractivity contribution >= 4 is 11.7 Å². The van der Waals surface area contributed by atoms with Crippen LogP contribution in [0, 0.1) is 0 Å². The van der Waals surface area contributed by atoms with Crippen LogP contribution in [-0.4, -0.2) is 94.6 Å². The van der Waals surface area contributed by atoms with E-state index in [1.165, 1.54) is 0 Å². The minimum atomic E-state index is -0.0475. The zero-order valence-corrected chi connectivity index (χ0v) is 16.6. The summed E-state index contributed by atoms with van der Waals surface area (Å²) in [5.41, 5.74) is 5.92. The maximum Gasteiger partial charge on any atom is 0.256 e. The molecule has 0 aromatic carbocycles. The van der Waals surface area contributed by atoms with E-state index in [9.17, 15) is 4.79 Å². The van der Waals surface area contributed by atoms with Crippen molar-refractivity contribution in [2.75, 3.05) is 72.6 Å². The fourth-order valence-corrected chi connectivity index (χ4v) is 2.18. The van der Waals surface area contributed by atoms with Gasteiger partial charge >= 0.3 is 0 Å². The lowest BCUT2D eigenvalue weighted by Gasteiger charge is -2.30. The molecule has 26 heavy (non-hydrogen) atoms. The Morgan fingerprint density at radius 3 is 2.31 bits per heavy atom. The summed E-state index contributed by atoms with van der Waals surface area (Å²) in [6.07, 6.45) is 1.63. The molecular weight excluding hydrogens is 334 g/mol. The van der Waals surface area contributed by atoms with Crippen molar-refractivity contribution < 1.29 is 14.3 Å². The molecule has 1 aromatic rings. The maximum atomic E-state index is 12.5. The molecule has 0 spiro atoms. The molecule has 0 fully saturated rings. The molecule has 8 heteroatoms. The first kappa shape index (κ1) is 22.3. The highest BCUT2D eigenvalue weighted by Crippen LogP contribution is 2.12. The number of hydrogen-bond acceptors (Lipinski definition) is 7. The highest BCUT2D eigenvalue weighted by molar-refractivity contribution is 5.94. The molecule has 1 atom stereocenters. The van der Waals surface area contributed by atoms with Crippen molar-refractivity contribution in [3.05, 3.63) is 23.9 Å². The van der Waals surface area contributed by atoms with E-state index in [0.717, 1.165) is 5.82 Å². The molecule has 0 saturated carbocycles. The molecule has 0 aliphatic carbocycles. The Labute approximate surface area is 156 Å². The minimum absolute atomic E-state index is 0.0100. The Bertz CT molecular complexity index is 524. The van der Waals surface area contributed by atoms with Crippen LogP contribution in [0.25, 0.3) is 0 Å². The Kier molecular flexibility index (Phi) is 10.1.